The lowest BCUT2D eigenvalue weighted by Gasteiger charge is -2.27. The third-order valence-corrected chi connectivity index (χ3v) is 6.26. The van der Waals surface area contributed by atoms with Gasteiger partial charge in [-0.2, -0.15) is 0 Å². The summed E-state index contributed by atoms with van der Waals surface area (Å²) in [6.07, 6.45) is 10.9. The lowest BCUT2D eigenvalue weighted by molar-refractivity contribution is 0.0224. The third kappa shape index (κ3) is 4.93. The molecular formula is C19H31N3O2S. The van der Waals surface area contributed by atoms with Crippen molar-refractivity contribution in [3.8, 4) is 0 Å². The van der Waals surface area contributed by atoms with Gasteiger partial charge in [-0.05, 0) is 46.5 Å². The number of aromatic nitrogens is 2. The molecule has 3 rings (SSSR count). The number of ether oxygens (including phenoxy) is 1. The summed E-state index contributed by atoms with van der Waals surface area (Å²) < 4.78 is 5.57. The summed E-state index contributed by atoms with van der Waals surface area (Å²) in [5, 5.41) is 11.2. The first-order chi connectivity index (χ1) is 11.9. The molecule has 0 N–H and O–H groups in total. The van der Waals surface area contributed by atoms with Gasteiger partial charge >= 0.3 is 6.09 Å². The van der Waals surface area contributed by atoms with E-state index in [1.165, 1.54) is 50.0 Å². The Kier molecular flexibility index (Phi) is 5.97. The van der Waals surface area contributed by atoms with Gasteiger partial charge in [-0.1, -0.05) is 43.4 Å². The molecule has 0 spiro atoms. The van der Waals surface area contributed by atoms with E-state index in [1.54, 1.807) is 11.3 Å². The number of likely N-dealkylation sites (tertiary alicyclic amines) is 1. The van der Waals surface area contributed by atoms with Gasteiger partial charge in [-0.15, -0.1) is 10.2 Å². The average molecular weight is 366 g/mol. The SMILES string of the molecule is CC(C)(C)OC(=O)N1CCC[C@H]1c1nnc(C2CCCCCCC2)s1. The van der Waals surface area contributed by atoms with Crippen molar-refractivity contribution in [3.63, 3.8) is 0 Å². The van der Waals surface area contributed by atoms with Crippen molar-refractivity contribution in [2.75, 3.05) is 6.54 Å². The van der Waals surface area contributed by atoms with Gasteiger partial charge in [-0.25, -0.2) is 4.79 Å². The second-order valence-electron chi connectivity index (χ2n) is 8.35. The lowest BCUT2D eigenvalue weighted by atomic mass is 9.92. The van der Waals surface area contributed by atoms with Crippen molar-refractivity contribution < 1.29 is 9.53 Å². The van der Waals surface area contributed by atoms with Gasteiger partial charge < -0.3 is 4.74 Å². The van der Waals surface area contributed by atoms with Gasteiger partial charge in [0, 0.05) is 12.5 Å². The first-order valence-electron chi connectivity index (χ1n) is 9.77. The second kappa shape index (κ2) is 8.02. The Morgan fingerprint density at radius 3 is 2.32 bits per heavy atom. The maximum absolute atomic E-state index is 12.5. The zero-order valence-corrected chi connectivity index (χ0v) is 16.6. The Morgan fingerprint density at radius 1 is 1.00 bits per heavy atom. The molecule has 25 heavy (non-hydrogen) atoms. The molecule has 0 aromatic carbocycles. The second-order valence-corrected chi connectivity index (χ2v) is 9.39. The van der Waals surface area contributed by atoms with Gasteiger partial charge in [0.05, 0.1) is 6.04 Å². The lowest BCUT2D eigenvalue weighted by Crippen LogP contribution is -2.36. The van der Waals surface area contributed by atoms with Crippen LogP contribution >= 0.6 is 11.3 Å². The number of hydrogen-bond donors (Lipinski definition) is 0. The number of nitrogens with zero attached hydrogens (tertiary/aromatic N) is 3. The standard InChI is InChI=1S/C19H31N3O2S/c1-19(2,3)24-18(23)22-13-9-12-15(22)17-21-20-16(25-17)14-10-7-5-4-6-8-11-14/h14-15H,4-13H2,1-3H3/t15-/m0/s1. The summed E-state index contributed by atoms with van der Waals surface area (Å²) in [6, 6.07) is 0.0367. The van der Waals surface area contributed by atoms with Crippen LogP contribution in [0, 0.1) is 0 Å². The van der Waals surface area contributed by atoms with Crippen LogP contribution in [-0.4, -0.2) is 33.3 Å². The van der Waals surface area contributed by atoms with Gasteiger partial charge in [0.1, 0.15) is 15.6 Å². The summed E-state index contributed by atoms with van der Waals surface area (Å²) in [5.41, 5.74) is -0.463. The summed E-state index contributed by atoms with van der Waals surface area (Å²) in [6.45, 7) is 6.48. The normalized spacial score (nSPS) is 23.3. The summed E-state index contributed by atoms with van der Waals surface area (Å²) in [5.74, 6) is 0.558. The molecule has 2 fully saturated rings. The minimum atomic E-state index is -0.463. The van der Waals surface area contributed by atoms with Crippen molar-refractivity contribution in [1.82, 2.24) is 15.1 Å². The molecule has 6 heteroatoms. The van der Waals surface area contributed by atoms with E-state index in [-0.39, 0.29) is 12.1 Å². The molecule has 1 saturated heterocycles. The molecule has 5 nitrogen and oxygen atoms in total. The fraction of sp³-hybridized carbons (Fsp3) is 0.842. The average Bonchev–Trinajstić information content (AvgIpc) is 3.13. The van der Waals surface area contributed by atoms with Crippen molar-refractivity contribution in [1.29, 1.82) is 0 Å². The number of amides is 1. The fourth-order valence-electron chi connectivity index (χ4n) is 3.81. The van der Waals surface area contributed by atoms with Gasteiger partial charge in [-0.3, -0.25) is 4.90 Å². The number of carbonyl (C=O) groups is 1. The molecule has 2 aliphatic rings. The zero-order chi connectivity index (χ0) is 17.9. The highest BCUT2D eigenvalue weighted by atomic mass is 32.1. The van der Waals surface area contributed by atoms with Crippen LogP contribution in [-0.2, 0) is 4.74 Å². The molecule has 2 heterocycles. The highest BCUT2D eigenvalue weighted by Gasteiger charge is 2.35. The van der Waals surface area contributed by atoms with E-state index in [2.05, 4.69) is 10.2 Å². The van der Waals surface area contributed by atoms with E-state index in [9.17, 15) is 4.79 Å². The predicted molar refractivity (Wildman–Crippen MR) is 99.9 cm³/mol. The van der Waals surface area contributed by atoms with Crippen LogP contribution in [0.25, 0.3) is 0 Å². The van der Waals surface area contributed by atoms with E-state index in [4.69, 9.17) is 4.74 Å². The molecule has 1 atom stereocenters. The number of hydrogen-bond acceptors (Lipinski definition) is 5. The Bertz CT molecular complexity index is 573. The molecule has 1 aliphatic heterocycles. The molecule has 0 bridgehead atoms. The molecule has 140 valence electrons. The maximum atomic E-state index is 12.5. The third-order valence-electron chi connectivity index (χ3n) is 5.08. The van der Waals surface area contributed by atoms with Gasteiger partial charge in [0.2, 0.25) is 0 Å². The van der Waals surface area contributed by atoms with Crippen LogP contribution in [0.1, 0.15) is 101 Å². The largest absolute Gasteiger partial charge is 0.444 e. The van der Waals surface area contributed by atoms with E-state index >= 15 is 0 Å². The molecule has 1 saturated carbocycles. The van der Waals surface area contributed by atoms with Crippen LogP contribution in [0.5, 0.6) is 0 Å². The van der Waals surface area contributed by atoms with Crippen LogP contribution in [0.4, 0.5) is 4.79 Å². The predicted octanol–water partition coefficient (Wildman–Crippen LogP) is 5.44. The van der Waals surface area contributed by atoms with E-state index < -0.39 is 5.60 Å². The highest BCUT2D eigenvalue weighted by molar-refractivity contribution is 7.11. The number of rotatable bonds is 2. The minimum absolute atomic E-state index is 0.0367. The van der Waals surface area contributed by atoms with Crippen molar-refractivity contribution in [3.05, 3.63) is 10.0 Å². The topological polar surface area (TPSA) is 55.3 Å². The monoisotopic (exact) mass is 365 g/mol. The minimum Gasteiger partial charge on any atom is -0.444 e. The Morgan fingerprint density at radius 2 is 1.64 bits per heavy atom. The number of carbonyl (C=O) groups excluding carboxylic acids is 1. The Balaban J connectivity index is 1.68. The van der Waals surface area contributed by atoms with Crippen LogP contribution in [0.2, 0.25) is 0 Å². The van der Waals surface area contributed by atoms with Gasteiger partial charge in [0.25, 0.3) is 0 Å². The Hall–Kier alpha value is -1.17. The van der Waals surface area contributed by atoms with Crippen LogP contribution < -0.4 is 0 Å². The smallest absolute Gasteiger partial charge is 0.410 e. The van der Waals surface area contributed by atoms with E-state index in [0.717, 1.165) is 24.4 Å². The quantitative estimate of drug-likeness (QED) is 0.700. The molecule has 1 aromatic heterocycles. The van der Waals surface area contributed by atoms with Crippen molar-refractivity contribution in [2.45, 2.75) is 96.1 Å². The van der Waals surface area contributed by atoms with Gasteiger partial charge in [0.15, 0.2) is 0 Å². The maximum Gasteiger partial charge on any atom is 0.410 e. The molecular weight excluding hydrogens is 334 g/mol. The molecule has 1 amide bonds. The van der Waals surface area contributed by atoms with Crippen molar-refractivity contribution in [2.24, 2.45) is 0 Å². The zero-order valence-electron chi connectivity index (χ0n) is 15.8. The first-order valence-corrected chi connectivity index (χ1v) is 10.6. The fourth-order valence-corrected chi connectivity index (χ4v) is 4.97. The molecule has 1 aromatic rings. The van der Waals surface area contributed by atoms with Crippen molar-refractivity contribution >= 4 is 17.4 Å². The Labute approximate surface area is 155 Å². The summed E-state index contributed by atoms with van der Waals surface area (Å²) >= 11 is 1.72. The molecule has 0 radical (unpaired) electrons. The summed E-state index contributed by atoms with van der Waals surface area (Å²) in [7, 11) is 0. The van der Waals surface area contributed by atoms with Crippen LogP contribution in [0.3, 0.4) is 0 Å². The highest BCUT2D eigenvalue weighted by Crippen LogP contribution is 2.38. The summed E-state index contributed by atoms with van der Waals surface area (Å²) in [4.78, 5) is 14.3. The molecule has 1 aliphatic carbocycles. The van der Waals surface area contributed by atoms with Crippen LogP contribution in [0.15, 0.2) is 0 Å². The first kappa shape index (κ1) is 18.6. The molecule has 0 unspecified atom stereocenters. The van der Waals surface area contributed by atoms with E-state index in [1.807, 2.05) is 25.7 Å². The van der Waals surface area contributed by atoms with E-state index in [0.29, 0.717) is 5.92 Å².